The second kappa shape index (κ2) is 7.64. The molecule has 3 N–H and O–H groups in total. The van der Waals surface area contributed by atoms with Crippen LogP contribution in [0.25, 0.3) is 0 Å². The van der Waals surface area contributed by atoms with E-state index >= 15 is 0 Å². The number of carbonyl (C=O) groups is 3. The third kappa shape index (κ3) is 5.40. The van der Waals surface area contributed by atoms with Crippen LogP contribution in [-0.2, 0) is 9.59 Å². The van der Waals surface area contributed by atoms with Gasteiger partial charge in [0.05, 0.1) is 9.88 Å². The Bertz CT molecular complexity index is 498. The summed E-state index contributed by atoms with van der Waals surface area (Å²) in [5.41, 5.74) is 0. The standard InChI is InChI=1S/C13H18N2O4S/c1-3-9(6-12(17)18)7-14-13(19)10-4-5-11(20-10)15-8(2)16/h4-5,9H,3,6-7H2,1-2H3,(H,14,19)(H,15,16)(H,17,18). The van der Waals surface area contributed by atoms with E-state index in [-0.39, 0.29) is 24.2 Å². The zero-order chi connectivity index (χ0) is 15.1. The molecule has 2 amide bonds. The van der Waals surface area contributed by atoms with Crippen molar-refractivity contribution in [3.8, 4) is 0 Å². The molecular formula is C13H18N2O4S. The van der Waals surface area contributed by atoms with E-state index in [1.165, 1.54) is 18.3 Å². The number of carboxylic acids is 1. The lowest BCUT2D eigenvalue weighted by Gasteiger charge is -2.12. The van der Waals surface area contributed by atoms with E-state index in [0.29, 0.717) is 22.8 Å². The van der Waals surface area contributed by atoms with Gasteiger partial charge in [-0.2, -0.15) is 0 Å². The first kappa shape index (κ1) is 16.2. The summed E-state index contributed by atoms with van der Waals surface area (Å²) in [4.78, 5) is 33.9. The van der Waals surface area contributed by atoms with Gasteiger partial charge in [-0.25, -0.2) is 0 Å². The van der Waals surface area contributed by atoms with Crippen molar-refractivity contribution in [1.29, 1.82) is 0 Å². The summed E-state index contributed by atoms with van der Waals surface area (Å²) in [6.45, 7) is 3.62. The molecular weight excluding hydrogens is 280 g/mol. The number of nitrogens with one attached hydrogen (secondary N) is 2. The summed E-state index contributed by atoms with van der Waals surface area (Å²) >= 11 is 1.18. The van der Waals surface area contributed by atoms with Crippen LogP contribution in [0.2, 0.25) is 0 Å². The zero-order valence-electron chi connectivity index (χ0n) is 11.4. The fourth-order valence-electron chi connectivity index (χ4n) is 1.63. The molecule has 0 aromatic carbocycles. The molecule has 1 rings (SSSR count). The Labute approximate surface area is 121 Å². The van der Waals surface area contributed by atoms with Gasteiger partial charge in [0.15, 0.2) is 0 Å². The van der Waals surface area contributed by atoms with E-state index in [1.54, 1.807) is 12.1 Å². The van der Waals surface area contributed by atoms with Gasteiger partial charge in [-0.3, -0.25) is 14.4 Å². The van der Waals surface area contributed by atoms with E-state index in [0.717, 1.165) is 0 Å². The fraction of sp³-hybridized carbons (Fsp3) is 0.462. The number of rotatable bonds is 7. The van der Waals surface area contributed by atoms with Gasteiger partial charge in [0.2, 0.25) is 5.91 Å². The molecule has 0 saturated carbocycles. The maximum absolute atomic E-state index is 11.9. The molecule has 6 nitrogen and oxygen atoms in total. The van der Waals surface area contributed by atoms with Crippen molar-refractivity contribution in [2.45, 2.75) is 26.7 Å². The number of aliphatic carboxylic acids is 1. The molecule has 0 radical (unpaired) electrons. The van der Waals surface area contributed by atoms with Crippen molar-refractivity contribution in [1.82, 2.24) is 5.32 Å². The number of hydrogen-bond donors (Lipinski definition) is 3. The number of hydrogen-bond acceptors (Lipinski definition) is 4. The van der Waals surface area contributed by atoms with Crippen LogP contribution < -0.4 is 10.6 Å². The van der Waals surface area contributed by atoms with Crippen LogP contribution >= 0.6 is 11.3 Å². The average molecular weight is 298 g/mol. The van der Waals surface area contributed by atoms with Crippen molar-refractivity contribution in [3.05, 3.63) is 17.0 Å². The molecule has 1 aromatic heterocycles. The highest BCUT2D eigenvalue weighted by atomic mass is 32.1. The fourth-order valence-corrected chi connectivity index (χ4v) is 2.50. The zero-order valence-corrected chi connectivity index (χ0v) is 12.3. The molecule has 1 atom stereocenters. The van der Waals surface area contributed by atoms with Gasteiger partial charge in [0.25, 0.3) is 5.91 Å². The second-order valence-electron chi connectivity index (χ2n) is 4.43. The van der Waals surface area contributed by atoms with Crippen molar-refractivity contribution in [2.75, 3.05) is 11.9 Å². The minimum atomic E-state index is -0.866. The average Bonchev–Trinajstić information content (AvgIpc) is 2.81. The van der Waals surface area contributed by atoms with E-state index in [4.69, 9.17) is 5.11 Å². The van der Waals surface area contributed by atoms with Gasteiger partial charge < -0.3 is 15.7 Å². The van der Waals surface area contributed by atoms with Crippen LogP contribution in [0.15, 0.2) is 12.1 Å². The summed E-state index contributed by atoms with van der Waals surface area (Å²) in [7, 11) is 0. The predicted molar refractivity (Wildman–Crippen MR) is 77.0 cm³/mol. The highest BCUT2D eigenvalue weighted by Crippen LogP contribution is 2.21. The molecule has 0 saturated heterocycles. The minimum absolute atomic E-state index is 0.0400. The van der Waals surface area contributed by atoms with Gasteiger partial charge in [0, 0.05) is 19.9 Å². The Balaban J connectivity index is 2.51. The molecule has 0 aliphatic heterocycles. The second-order valence-corrected chi connectivity index (χ2v) is 5.51. The molecule has 0 spiro atoms. The van der Waals surface area contributed by atoms with Crippen LogP contribution in [0, 0.1) is 5.92 Å². The SMILES string of the molecule is CCC(CNC(=O)c1ccc(NC(C)=O)s1)CC(=O)O. The molecule has 7 heteroatoms. The summed E-state index contributed by atoms with van der Waals surface area (Å²) < 4.78 is 0. The Morgan fingerprint density at radius 3 is 2.60 bits per heavy atom. The topological polar surface area (TPSA) is 95.5 Å². The Hall–Kier alpha value is -1.89. The Morgan fingerprint density at radius 2 is 2.05 bits per heavy atom. The van der Waals surface area contributed by atoms with Crippen LogP contribution in [0.3, 0.4) is 0 Å². The van der Waals surface area contributed by atoms with Crippen molar-refractivity contribution >= 4 is 34.1 Å². The number of thiophene rings is 1. The molecule has 0 fully saturated rings. The maximum Gasteiger partial charge on any atom is 0.303 e. The Morgan fingerprint density at radius 1 is 1.35 bits per heavy atom. The highest BCUT2D eigenvalue weighted by Gasteiger charge is 2.14. The number of carboxylic acid groups (broad SMARTS) is 1. The quantitative estimate of drug-likeness (QED) is 0.717. The van der Waals surface area contributed by atoms with Gasteiger partial charge in [-0.1, -0.05) is 13.3 Å². The van der Waals surface area contributed by atoms with E-state index in [9.17, 15) is 14.4 Å². The first-order chi connectivity index (χ1) is 9.42. The lowest BCUT2D eigenvalue weighted by Crippen LogP contribution is -2.29. The molecule has 1 unspecified atom stereocenters. The van der Waals surface area contributed by atoms with E-state index in [2.05, 4.69) is 10.6 Å². The Kier molecular flexibility index (Phi) is 6.17. The molecule has 1 heterocycles. The normalized spacial score (nSPS) is 11.7. The summed E-state index contributed by atoms with van der Waals surface area (Å²) in [6.07, 6.45) is 0.729. The number of carbonyl (C=O) groups excluding carboxylic acids is 2. The molecule has 0 aliphatic carbocycles. The summed E-state index contributed by atoms with van der Waals surface area (Å²) in [5.74, 6) is -1.39. The summed E-state index contributed by atoms with van der Waals surface area (Å²) in [6, 6.07) is 3.29. The van der Waals surface area contributed by atoms with Crippen LogP contribution in [0.4, 0.5) is 5.00 Å². The minimum Gasteiger partial charge on any atom is -0.481 e. The third-order valence-corrected chi connectivity index (χ3v) is 3.72. The predicted octanol–water partition coefficient (Wildman–Crippen LogP) is 1.94. The first-order valence-electron chi connectivity index (χ1n) is 6.29. The molecule has 0 bridgehead atoms. The molecule has 110 valence electrons. The van der Waals surface area contributed by atoms with Gasteiger partial charge >= 0.3 is 5.97 Å². The van der Waals surface area contributed by atoms with Gasteiger partial charge in [-0.05, 0) is 18.1 Å². The van der Waals surface area contributed by atoms with Gasteiger partial charge in [0.1, 0.15) is 0 Å². The van der Waals surface area contributed by atoms with Crippen molar-refractivity contribution in [3.63, 3.8) is 0 Å². The maximum atomic E-state index is 11.9. The molecule has 0 aliphatic rings. The van der Waals surface area contributed by atoms with Crippen molar-refractivity contribution in [2.24, 2.45) is 5.92 Å². The monoisotopic (exact) mass is 298 g/mol. The largest absolute Gasteiger partial charge is 0.481 e. The lowest BCUT2D eigenvalue weighted by atomic mass is 10.0. The van der Waals surface area contributed by atoms with Crippen LogP contribution in [0.5, 0.6) is 0 Å². The van der Waals surface area contributed by atoms with E-state index < -0.39 is 5.97 Å². The van der Waals surface area contributed by atoms with E-state index in [1.807, 2.05) is 6.92 Å². The lowest BCUT2D eigenvalue weighted by molar-refractivity contribution is -0.138. The number of anilines is 1. The van der Waals surface area contributed by atoms with Crippen LogP contribution in [-0.4, -0.2) is 29.4 Å². The van der Waals surface area contributed by atoms with Crippen molar-refractivity contribution < 1.29 is 19.5 Å². The third-order valence-electron chi connectivity index (χ3n) is 2.72. The number of amides is 2. The van der Waals surface area contributed by atoms with Gasteiger partial charge in [-0.15, -0.1) is 11.3 Å². The van der Waals surface area contributed by atoms with Crippen LogP contribution in [0.1, 0.15) is 36.4 Å². The summed E-state index contributed by atoms with van der Waals surface area (Å²) in [5, 5.41) is 14.7. The molecule has 20 heavy (non-hydrogen) atoms. The smallest absolute Gasteiger partial charge is 0.303 e. The first-order valence-corrected chi connectivity index (χ1v) is 7.11. The molecule has 1 aromatic rings. The highest BCUT2D eigenvalue weighted by molar-refractivity contribution is 7.18.